The number of aromatic nitrogens is 2. The zero-order valence-corrected chi connectivity index (χ0v) is 12.1. The molecule has 3 N–H and O–H groups in total. The Balaban J connectivity index is 1.97. The van der Waals surface area contributed by atoms with Crippen LogP contribution in [0.25, 0.3) is 10.6 Å². The van der Waals surface area contributed by atoms with Crippen LogP contribution in [0.3, 0.4) is 0 Å². The van der Waals surface area contributed by atoms with Crippen LogP contribution in [0.15, 0.2) is 52.0 Å². The van der Waals surface area contributed by atoms with Crippen molar-refractivity contribution in [1.29, 1.82) is 5.26 Å². The number of nitrogens with zero attached hydrogens (tertiary/aromatic N) is 2. The highest BCUT2D eigenvalue weighted by Gasteiger charge is 2.36. The Kier molecular flexibility index (Phi) is 2.77. The topological polar surface area (TPSA) is 101 Å². The van der Waals surface area contributed by atoms with Gasteiger partial charge in [0.2, 0.25) is 11.8 Å². The maximum Gasteiger partial charge on any atom is 0.244 e. The summed E-state index contributed by atoms with van der Waals surface area (Å²) in [6.45, 7) is 0. The number of aromatic amines is 1. The van der Waals surface area contributed by atoms with Gasteiger partial charge in [-0.1, -0.05) is 6.07 Å². The van der Waals surface area contributed by atoms with Gasteiger partial charge in [-0.15, -0.1) is 16.4 Å². The molecule has 0 bridgehead atoms. The molecular weight excluding hydrogens is 300 g/mol. The third kappa shape index (κ3) is 1.75. The van der Waals surface area contributed by atoms with Crippen LogP contribution in [0.1, 0.15) is 17.0 Å². The molecule has 108 valence electrons. The van der Waals surface area contributed by atoms with E-state index in [1.807, 2.05) is 23.6 Å². The predicted molar refractivity (Wildman–Crippen MR) is 79.9 cm³/mol. The van der Waals surface area contributed by atoms with Crippen molar-refractivity contribution in [3.05, 3.63) is 58.7 Å². The molecule has 0 fully saturated rings. The third-order valence-corrected chi connectivity index (χ3v) is 4.47. The summed E-state index contributed by atoms with van der Waals surface area (Å²) in [7, 11) is 0. The summed E-state index contributed by atoms with van der Waals surface area (Å²) in [5.74, 6) is 0.111. The van der Waals surface area contributed by atoms with Crippen molar-refractivity contribution >= 4 is 11.3 Å². The molecule has 0 amide bonds. The van der Waals surface area contributed by atoms with E-state index < -0.39 is 0 Å². The first-order chi connectivity index (χ1) is 10.8. The molecule has 0 radical (unpaired) electrons. The number of nitrogens with two attached hydrogens (primary N) is 1. The predicted octanol–water partition coefficient (Wildman–Crippen LogP) is 2.95. The van der Waals surface area contributed by atoms with Gasteiger partial charge >= 0.3 is 0 Å². The zero-order chi connectivity index (χ0) is 15.1. The van der Waals surface area contributed by atoms with Gasteiger partial charge in [0.05, 0.1) is 34.6 Å². The van der Waals surface area contributed by atoms with Crippen LogP contribution >= 0.6 is 11.3 Å². The molecule has 0 spiro atoms. The number of rotatable bonds is 2. The number of hydrogen-bond donors (Lipinski definition) is 2. The van der Waals surface area contributed by atoms with Crippen LogP contribution in [0.4, 0.5) is 0 Å². The van der Waals surface area contributed by atoms with Crippen molar-refractivity contribution < 1.29 is 9.15 Å². The lowest BCUT2D eigenvalue weighted by Crippen LogP contribution is -2.20. The van der Waals surface area contributed by atoms with Gasteiger partial charge in [-0.25, -0.2) is 0 Å². The molecule has 0 aromatic carbocycles. The minimum absolute atomic E-state index is 0.0745. The molecule has 22 heavy (non-hydrogen) atoms. The number of allylic oxidation sites excluding steroid dienone is 1. The van der Waals surface area contributed by atoms with Crippen LogP contribution in [0, 0.1) is 11.3 Å². The first kappa shape index (κ1) is 12.7. The smallest absolute Gasteiger partial charge is 0.244 e. The third-order valence-electron chi connectivity index (χ3n) is 3.58. The standard InChI is InChI=1S/C15H10N4O2S/c16-6-9-11(8-3-4-20-7-8)12-13(10-2-1-5-22-10)18-19-15(12)21-14(9)17/h1-5,7,11H,17H2,(H,18,19)/t11-/m1/s1. The highest BCUT2D eigenvalue weighted by molar-refractivity contribution is 7.13. The van der Waals surface area contributed by atoms with E-state index in [2.05, 4.69) is 16.3 Å². The summed E-state index contributed by atoms with van der Waals surface area (Å²) in [4.78, 5) is 1.02. The van der Waals surface area contributed by atoms with Crippen molar-refractivity contribution in [1.82, 2.24) is 10.2 Å². The molecular formula is C15H10N4O2S. The molecule has 0 unspecified atom stereocenters. The van der Waals surface area contributed by atoms with E-state index >= 15 is 0 Å². The van der Waals surface area contributed by atoms with Crippen LogP contribution in [0.2, 0.25) is 0 Å². The van der Waals surface area contributed by atoms with Gasteiger partial charge < -0.3 is 14.9 Å². The van der Waals surface area contributed by atoms with E-state index in [1.54, 1.807) is 23.9 Å². The number of ether oxygens (including phenoxy) is 1. The van der Waals surface area contributed by atoms with E-state index in [1.165, 1.54) is 0 Å². The monoisotopic (exact) mass is 310 g/mol. The van der Waals surface area contributed by atoms with Crippen molar-refractivity contribution in [2.24, 2.45) is 5.73 Å². The second-order valence-corrected chi connectivity index (χ2v) is 5.72. The number of furan rings is 1. The van der Waals surface area contributed by atoms with E-state index in [0.717, 1.165) is 21.7 Å². The van der Waals surface area contributed by atoms with Gasteiger partial charge in [0.25, 0.3) is 0 Å². The Labute approximate surface area is 129 Å². The molecule has 0 saturated heterocycles. The molecule has 0 aliphatic carbocycles. The molecule has 1 aliphatic rings. The Bertz CT molecular complexity index is 885. The zero-order valence-electron chi connectivity index (χ0n) is 11.2. The lowest BCUT2D eigenvalue weighted by Gasteiger charge is -2.22. The normalized spacial score (nSPS) is 17.0. The van der Waals surface area contributed by atoms with Gasteiger partial charge in [0.15, 0.2) is 0 Å². The Hall–Kier alpha value is -2.98. The minimum Gasteiger partial charge on any atom is -0.472 e. The molecule has 4 rings (SSSR count). The molecule has 6 nitrogen and oxygen atoms in total. The fourth-order valence-corrected chi connectivity index (χ4v) is 3.36. The van der Waals surface area contributed by atoms with Gasteiger partial charge in [-0.05, 0) is 17.5 Å². The molecule has 1 aliphatic heterocycles. The van der Waals surface area contributed by atoms with Crippen LogP contribution in [-0.2, 0) is 0 Å². The fourth-order valence-electron chi connectivity index (χ4n) is 2.63. The Morgan fingerprint density at radius 3 is 3.00 bits per heavy atom. The highest BCUT2D eigenvalue weighted by atomic mass is 32.1. The van der Waals surface area contributed by atoms with E-state index in [9.17, 15) is 5.26 Å². The molecule has 7 heteroatoms. The van der Waals surface area contributed by atoms with E-state index in [0.29, 0.717) is 11.5 Å². The SMILES string of the molecule is N#CC1=C(N)Oc2n[nH]c(-c3cccs3)c2[C@@H]1c1ccoc1. The quantitative estimate of drug-likeness (QED) is 0.758. The minimum atomic E-state index is -0.358. The van der Waals surface area contributed by atoms with Gasteiger partial charge in [0, 0.05) is 5.56 Å². The highest BCUT2D eigenvalue weighted by Crippen LogP contribution is 2.46. The fraction of sp³-hybridized carbons (Fsp3) is 0.0667. The Morgan fingerprint density at radius 2 is 2.32 bits per heavy atom. The number of nitriles is 1. The van der Waals surface area contributed by atoms with Crippen LogP contribution in [0.5, 0.6) is 5.88 Å². The van der Waals surface area contributed by atoms with Gasteiger partial charge in [-0.2, -0.15) is 5.26 Å². The number of hydrogen-bond acceptors (Lipinski definition) is 6. The largest absolute Gasteiger partial charge is 0.472 e. The van der Waals surface area contributed by atoms with E-state index in [4.69, 9.17) is 14.9 Å². The summed E-state index contributed by atoms with van der Waals surface area (Å²) in [5, 5.41) is 18.7. The summed E-state index contributed by atoms with van der Waals surface area (Å²) < 4.78 is 10.7. The van der Waals surface area contributed by atoms with Gasteiger partial charge in [-0.3, -0.25) is 5.10 Å². The lowest BCUT2D eigenvalue weighted by atomic mass is 9.85. The summed E-state index contributed by atoms with van der Waals surface area (Å²) in [6, 6.07) is 7.90. The number of thiophene rings is 1. The second-order valence-electron chi connectivity index (χ2n) is 4.78. The van der Waals surface area contributed by atoms with E-state index in [-0.39, 0.29) is 11.8 Å². The van der Waals surface area contributed by atoms with Crippen LogP contribution in [-0.4, -0.2) is 10.2 Å². The first-order valence-electron chi connectivity index (χ1n) is 6.51. The molecule has 4 heterocycles. The average Bonchev–Trinajstić information content (AvgIpc) is 3.26. The number of H-pyrrole nitrogens is 1. The maximum atomic E-state index is 9.49. The lowest BCUT2D eigenvalue weighted by molar-refractivity contribution is 0.378. The maximum absolute atomic E-state index is 9.49. The molecule has 0 saturated carbocycles. The molecule has 3 aromatic rings. The molecule has 3 aromatic heterocycles. The van der Waals surface area contributed by atoms with Crippen molar-refractivity contribution in [3.63, 3.8) is 0 Å². The molecule has 1 atom stereocenters. The first-order valence-corrected chi connectivity index (χ1v) is 7.39. The average molecular weight is 310 g/mol. The summed E-state index contributed by atoms with van der Waals surface area (Å²) in [6.07, 6.45) is 3.18. The number of fused-ring (bicyclic) bond motifs is 1. The van der Waals surface area contributed by atoms with Gasteiger partial charge in [0.1, 0.15) is 11.6 Å². The Morgan fingerprint density at radius 1 is 1.41 bits per heavy atom. The van der Waals surface area contributed by atoms with Crippen molar-refractivity contribution in [2.75, 3.05) is 0 Å². The summed E-state index contributed by atoms with van der Waals surface area (Å²) in [5.41, 5.74) is 8.70. The van der Waals surface area contributed by atoms with Crippen LogP contribution < -0.4 is 10.5 Å². The van der Waals surface area contributed by atoms with Crippen molar-refractivity contribution in [2.45, 2.75) is 5.92 Å². The van der Waals surface area contributed by atoms with Crippen molar-refractivity contribution in [3.8, 4) is 22.5 Å². The second kappa shape index (κ2) is 4.79. The summed E-state index contributed by atoms with van der Waals surface area (Å²) >= 11 is 1.58. The number of nitrogens with one attached hydrogen (secondary N) is 1.